The molecule has 4 aromatic carbocycles. The molecule has 0 atom stereocenters. The third-order valence-electron chi connectivity index (χ3n) is 4.89. The SMILES string of the molecule is c1ccc(Oc2ccnc(-c3ccc(Oc4ccccc4)cc3Oc3ccccc3)c2)cc1. The van der Waals surface area contributed by atoms with Crippen LogP contribution < -0.4 is 14.2 Å². The van der Waals surface area contributed by atoms with Gasteiger partial charge in [-0.2, -0.15) is 0 Å². The van der Waals surface area contributed by atoms with Gasteiger partial charge in [-0.25, -0.2) is 0 Å². The zero-order chi connectivity index (χ0) is 22.3. The predicted octanol–water partition coefficient (Wildman–Crippen LogP) is 8.13. The molecule has 0 aliphatic rings. The van der Waals surface area contributed by atoms with Gasteiger partial charge in [-0.05, 0) is 54.6 Å². The highest BCUT2D eigenvalue weighted by atomic mass is 16.5. The summed E-state index contributed by atoms with van der Waals surface area (Å²) in [4.78, 5) is 4.57. The number of ether oxygens (including phenoxy) is 3. The summed E-state index contributed by atoms with van der Waals surface area (Å²) >= 11 is 0. The van der Waals surface area contributed by atoms with Crippen molar-refractivity contribution < 1.29 is 14.2 Å². The second-order valence-corrected chi connectivity index (χ2v) is 7.28. The Morgan fingerprint density at radius 1 is 0.424 bits per heavy atom. The van der Waals surface area contributed by atoms with E-state index < -0.39 is 0 Å². The molecule has 0 amide bonds. The van der Waals surface area contributed by atoms with Gasteiger partial charge in [0.15, 0.2) is 0 Å². The fourth-order valence-electron chi connectivity index (χ4n) is 3.35. The average Bonchev–Trinajstić information content (AvgIpc) is 2.86. The summed E-state index contributed by atoms with van der Waals surface area (Å²) in [5.41, 5.74) is 1.57. The van der Waals surface area contributed by atoms with Gasteiger partial charge < -0.3 is 14.2 Å². The maximum absolute atomic E-state index is 6.24. The van der Waals surface area contributed by atoms with Gasteiger partial charge in [0.25, 0.3) is 0 Å². The fraction of sp³-hybridized carbons (Fsp3) is 0. The maximum Gasteiger partial charge on any atom is 0.140 e. The van der Waals surface area contributed by atoms with Crippen molar-refractivity contribution in [3.8, 4) is 45.8 Å². The third-order valence-corrected chi connectivity index (χ3v) is 4.89. The molecule has 0 saturated carbocycles. The minimum Gasteiger partial charge on any atom is -0.457 e. The minimum absolute atomic E-state index is 0.638. The van der Waals surface area contributed by atoms with Crippen LogP contribution in [0.15, 0.2) is 128 Å². The van der Waals surface area contributed by atoms with Crippen LogP contribution in [-0.2, 0) is 0 Å². The van der Waals surface area contributed by atoms with Gasteiger partial charge in [-0.1, -0.05) is 54.6 Å². The lowest BCUT2D eigenvalue weighted by Gasteiger charge is -2.14. The molecule has 0 N–H and O–H groups in total. The van der Waals surface area contributed by atoms with Crippen LogP contribution in [0.25, 0.3) is 11.3 Å². The van der Waals surface area contributed by atoms with Crippen LogP contribution in [0.4, 0.5) is 0 Å². The molecule has 0 unspecified atom stereocenters. The average molecular weight is 431 g/mol. The van der Waals surface area contributed by atoms with E-state index in [0.717, 1.165) is 28.5 Å². The number of benzene rings is 4. The van der Waals surface area contributed by atoms with Crippen molar-refractivity contribution >= 4 is 0 Å². The lowest BCUT2D eigenvalue weighted by atomic mass is 10.1. The Morgan fingerprint density at radius 2 is 0.939 bits per heavy atom. The normalized spacial score (nSPS) is 10.4. The molecule has 160 valence electrons. The van der Waals surface area contributed by atoms with Crippen molar-refractivity contribution in [2.45, 2.75) is 0 Å². The van der Waals surface area contributed by atoms with Gasteiger partial charge in [-0.15, -0.1) is 0 Å². The number of pyridine rings is 1. The Kier molecular flexibility index (Phi) is 5.98. The van der Waals surface area contributed by atoms with Gasteiger partial charge in [0.05, 0.1) is 5.69 Å². The summed E-state index contributed by atoms with van der Waals surface area (Å²) in [5, 5.41) is 0. The summed E-state index contributed by atoms with van der Waals surface area (Å²) in [6.07, 6.45) is 1.73. The second-order valence-electron chi connectivity index (χ2n) is 7.28. The second kappa shape index (κ2) is 9.71. The highest BCUT2D eigenvalue weighted by Gasteiger charge is 2.13. The van der Waals surface area contributed by atoms with Crippen LogP contribution in [0.3, 0.4) is 0 Å². The lowest BCUT2D eigenvalue weighted by Crippen LogP contribution is -1.93. The summed E-state index contributed by atoms with van der Waals surface area (Å²) < 4.78 is 18.3. The summed E-state index contributed by atoms with van der Waals surface area (Å²) in [6.45, 7) is 0. The molecule has 0 aliphatic heterocycles. The highest BCUT2D eigenvalue weighted by molar-refractivity contribution is 5.70. The van der Waals surface area contributed by atoms with Crippen molar-refractivity contribution in [2.75, 3.05) is 0 Å². The molecular formula is C29H21NO3. The Labute approximate surface area is 192 Å². The molecule has 4 nitrogen and oxygen atoms in total. The molecule has 0 fully saturated rings. The van der Waals surface area contributed by atoms with Crippen LogP contribution in [0.5, 0.6) is 34.5 Å². The van der Waals surface area contributed by atoms with E-state index in [1.165, 1.54) is 0 Å². The fourth-order valence-corrected chi connectivity index (χ4v) is 3.35. The van der Waals surface area contributed by atoms with E-state index in [1.54, 1.807) is 6.20 Å². The Balaban J connectivity index is 1.50. The number of hydrogen-bond acceptors (Lipinski definition) is 4. The van der Waals surface area contributed by atoms with Crippen molar-refractivity contribution in [1.82, 2.24) is 4.98 Å². The molecule has 1 aromatic heterocycles. The number of rotatable bonds is 7. The van der Waals surface area contributed by atoms with Crippen LogP contribution in [-0.4, -0.2) is 4.98 Å². The maximum atomic E-state index is 6.24. The molecule has 0 radical (unpaired) electrons. The first-order chi connectivity index (χ1) is 16.3. The summed E-state index contributed by atoms with van der Waals surface area (Å²) in [7, 11) is 0. The van der Waals surface area contributed by atoms with Crippen molar-refractivity contribution in [3.05, 3.63) is 128 Å². The van der Waals surface area contributed by atoms with E-state index in [4.69, 9.17) is 14.2 Å². The first kappa shape index (κ1) is 20.3. The van der Waals surface area contributed by atoms with E-state index >= 15 is 0 Å². The number of hydrogen-bond donors (Lipinski definition) is 0. The van der Waals surface area contributed by atoms with E-state index in [0.29, 0.717) is 17.2 Å². The van der Waals surface area contributed by atoms with Crippen LogP contribution in [0.2, 0.25) is 0 Å². The van der Waals surface area contributed by atoms with Crippen molar-refractivity contribution in [3.63, 3.8) is 0 Å². The molecule has 0 aliphatic carbocycles. The molecule has 1 heterocycles. The van der Waals surface area contributed by atoms with Crippen LogP contribution >= 0.6 is 0 Å². The smallest absolute Gasteiger partial charge is 0.140 e. The zero-order valence-electron chi connectivity index (χ0n) is 17.8. The molecule has 5 rings (SSSR count). The van der Waals surface area contributed by atoms with E-state index in [2.05, 4.69) is 4.98 Å². The first-order valence-corrected chi connectivity index (χ1v) is 10.6. The van der Waals surface area contributed by atoms with Crippen LogP contribution in [0.1, 0.15) is 0 Å². The van der Waals surface area contributed by atoms with Gasteiger partial charge >= 0.3 is 0 Å². The molecule has 0 bridgehead atoms. The highest BCUT2D eigenvalue weighted by Crippen LogP contribution is 2.38. The van der Waals surface area contributed by atoms with Crippen LogP contribution in [0, 0.1) is 0 Å². The predicted molar refractivity (Wildman–Crippen MR) is 129 cm³/mol. The van der Waals surface area contributed by atoms with Gasteiger partial charge in [0, 0.05) is 23.9 Å². The van der Waals surface area contributed by atoms with E-state index in [9.17, 15) is 0 Å². The Morgan fingerprint density at radius 3 is 1.52 bits per heavy atom. The number of nitrogens with zero attached hydrogens (tertiary/aromatic N) is 1. The molecule has 5 aromatic rings. The Hall–Kier alpha value is -4.57. The summed E-state index contributed by atoms with van der Waals surface area (Å²) in [5.74, 6) is 4.26. The molecule has 33 heavy (non-hydrogen) atoms. The topological polar surface area (TPSA) is 40.6 Å². The van der Waals surface area contributed by atoms with E-state index in [1.807, 2.05) is 121 Å². The largest absolute Gasteiger partial charge is 0.457 e. The summed E-state index contributed by atoms with van der Waals surface area (Å²) in [6, 6.07) is 38.4. The Bertz CT molecular complexity index is 1320. The van der Waals surface area contributed by atoms with Gasteiger partial charge in [0.1, 0.15) is 34.5 Å². The number of aromatic nitrogens is 1. The number of para-hydroxylation sites is 3. The minimum atomic E-state index is 0.638. The zero-order valence-corrected chi connectivity index (χ0v) is 17.8. The van der Waals surface area contributed by atoms with E-state index in [-0.39, 0.29) is 0 Å². The van der Waals surface area contributed by atoms with Crippen molar-refractivity contribution in [2.24, 2.45) is 0 Å². The molecular weight excluding hydrogens is 410 g/mol. The third kappa shape index (κ3) is 5.20. The quantitative estimate of drug-likeness (QED) is 0.261. The first-order valence-electron chi connectivity index (χ1n) is 10.6. The monoisotopic (exact) mass is 431 g/mol. The van der Waals surface area contributed by atoms with Crippen molar-refractivity contribution in [1.29, 1.82) is 0 Å². The van der Waals surface area contributed by atoms with Gasteiger partial charge in [0.2, 0.25) is 0 Å². The lowest BCUT2D eigenvalue weighted by molar-refractivity contribution is 0.461. The standard InChI is InChI=1S/C29H21NO3/c1-4-10-22(11-5-1)31-25-16-17-27(29(21-25)33-24-14-8-3-9-15-24)28-20-26(18-19-30-28)32-23-12-6-2-7-13-23/h1-21H. The molecule has 4 heteroatoms. The molecule has 0 saturated heterocycles. The molecule has 0 spiro atoms. The van der Waals surface area contributed by atoms with Gasteiger partial charge in [-0.3, -0.25) is 4.98 Å².